The van der Waals surface area contributed by atoms with Crippen LogP contribution in [0.3, 0.4) is 0 Å². The number of ether oxygens (including phenoxy) is 1. The van der Waals surface area contributed by atoms with Gasteiger partial charge < -0.3 is 4.74 Å². The Morgan fingerprint density at radius 3 is 3.00 bits per heavy atom. The Bertz CT molecular complexity index is 315. The Morgan fingerprint density at radius 2 is 2.50 bits per heavy atom. The molecule has 0 spiro atoms. The maximum absolute atomic E-state index is 6.41. The molecule has 1 aromatic heterocycles. The number of halogens is 2. The highest BCUT2D eigenvalue weighted by Gasteiger charge is 2.33. The summed E-state index contributed by atoms with van der Waals surface area (Å²) < 4.78 is 6.76. The lowest BCUT2D eigenvalue weighted by atomic mass is 10.0. The summed E-state index contributed by atoms with van der Waals surface area (Å²) in [6.07, 6.45) is 1.29. The first kappa shape index (κ1) is 10.9. The summed E-state index contributed by atoms with van der Waals surface area (Å²) in [5.74, 6) is 0.562. The predicted octanol–water partition coefficient (Wildman–Crippen LogP) is 4.22. The molecule has 3 unspecified atom stereocenters. The molecule has 4 heteroatoms. The molecule has 0 aromatic carbocycles. The second kappa shape index (κ2) is 4.52. The summed E-state index contributed by atoms with van der Waals surface area (Å²) in [5.41, 5.74) is 0. The monoisotopic (exact) mass is 294 g/mol. The molecule has 2 heterocycles. The van der Waals surface area contributed by atoms with E-state index in [-0.39, 0.29) is 11.5 Å². The van der Waals surface area contributed by atoms with Crippen LogP contribution in [0.2, 0.25) is 0 Å². The van der Waals surface area contributed by atoms with E-state index in [9.17, 15) is 0 Å². The maximum atomic E-state index is 6.41. The lowest BCUT2D eigenvalue weighted by molar-refractivity contribution is 0.0909. The molecule has 0 amide bonds. The van der Waals surface area contributed by atoms with Gasteiger partial charge in [0.2, 0.25) is 0 Å². The largest absolute Gasteiger partial charge is 0.376 e. The van der Waals surface area contributed by atoms with Gasteiger partial charge in [-0.1, -0.05) is 6.92 Å². The highest BCUT2D eigenvalue weighted by atomic mass is 79.9. The molecule has 78 valence electrons. The van der Waals surface area contributed by atoms with Crippen LogP contribution in [0.4, 0.5) is 0 Å². The van der Waals surface area contributed by atoms with Crippen LogP contribution in [-0.2, 0) is 4.74 Å². The Kier molecular flexibility index (Phi) is 3.53. The van der Waals surface area contributed by atoms with Crippen molar-refractivity contribution in [2.45, 2.75) is 24.8 Å². The van der Waals surface area contributed by atoms with Crippen molar-refractivity contribution in [3.8, 4) is 0 Å². The lowest BCUT2D eigenvalue weighted by Gasteiger charge is -2.19. The Balaban J connectivity index is 2.15. The molecule has 0 bridgehead atoms. The Hall–Kier alpha value is 0.430. The van der Waals surface area contributed by atoms with Crippen molar-refractivity contribution in [1.82, 2.24) is 0 Å². The topological polar surface area (TPSA) is 9.23 Å². The molecule has 14 heavy (non-hydrogen) atoms. The van der Waals surface area contributed by atoms with Crippen molar-refractivity contribution in [2.24, 2.45) is 5.92 Å². The molecule has 1 aromatic rings. The second-order valence-corrected chi connectivity index (χ2v) is 5.91. The van der Waals surface area contributed by atoms with E-state index in [1.54, 1.807) is 11.3 Å². The molecule has 0 radical (unpaired) electrons. The quantitative estimate of drug-likeness (QED) is 0.743. The average Bonchev–Trinajstić information content (AvgIpc) is 2.73. The second-order valence-electron chi connectivity index (χ2n) is 3.64. The normalized spacial score (nSPS) is 29.4. The van der Waals surface area contributed by atoms with Crippen molar-refractivity contribution in [3.05, 3.63) is 20.8 Å². The van der Waals surface area contributed by atoms with Crippen molar-refractivity contribution < 1.29 is 4.74 Å². The molecule has 3 atom stereocenters. The van der Waals surface area contributed by atoms with Gasteiger partial charge >= 0.3 is 0 Å². The van der Waals surface area contributed by atoms with Gasteiger partial charge in [0.15, 0.2) is 0 Å². The number of hydrogen-bond donors (Lipinski definition) is 0. The fourth-order valence-electron chi connectivity index (χ4n) is 1.74. The fourth-order valence-corrected chi connectivity index (χ4v) is 4.10. The first-order valence-corrected chi connectivity index (χ1v) is 6.79. The fraction of sp³-hybridized carbons (Fsp3) is 0.600. The van der Waals surface area contributed by atoms with Crippen LogP contribution in [0.25, 0.3) is 0 Å². The van der Waals surface area contributed by atoms with Gasteiger partial charge in [-0.05, 0) is 39.7 Å². The minimum Gasteiger partial charge on any atom is -0.376 e. The van der Waals surface area contributed by atoms with Crippen LogP contribution in [0, 0.1) is 5.92 Å². The number of alkyl halides is 1. The van der Waals surface area contributed by atoms with Crippen LogP contribution >= 0.6 is 38.9 Å². The molecule has 0 aliphatic carbocycles. The third-order valence-corrected chi connectivity index (χ3v) is 5.18. The number of thiophene rings is 1. The van der Waals surface area contributed by atoms with E-state index in [2.05, 4.69) is 28.2 Å². The van der Waals surface area contributed by atoms with Crippen molar-refractivity contribution in [1.29, 1.82) is 0 Å². The lowest BCUT2D eigenvalue weighted by Crippen LogP contribution is -2.18. The van der Waals surface area contributed by atoms with Gasteiger partial charge in [0, 0.05) is 16.0 Å². The SMILES string of the molecule is CC1CCOC1C(Cl)c1sccc1Br. The van der Waals surface area contributed by atoms with E-state index in [4.69, 9.17) is 16.3 Å². The van der Waals surface area contributed by atoms with E-state index in [1.807, 2.05) is 6.07 Å². The van der Waals surface area contributed by atoms with Gasteiger partial charge in [-0.15, -0.1) is 22.9 Å². The zero-order valence-electron chi connectivity index (χ0n) is 7.87. The van der Waals surface area contributed by atoms with Gasteiger partial charge in [-0.25, -0.2) is 0 Å². The van der Waals surface area contributed by atoms with Crippen LogP contribution in [-0.4, -0.2) is 12.7 Å². The van der Waals surface area contributed by atoms with Crippen LogP contribution < -0.4 is 0 Å². The zero-order chi connectivity index (χ0) is 10.1. The maximum Gasteiger partial charge on any atom is 0.0953 e. The summed E-state index contributed by atoms with van der Waals surface area (Å²) in [5, 5.41) is 2.04. The number of hydrogen-bond acceptors (Lipinski definition) is 2. The van der Waals surface area contributed by atoms with Crippen LogP contribution in [0.15, 0.2) is 15.9 Å². The highest BCUT2D eigenvalue weighted by molar-refractivity contribution is 9.10. The molecule has 0 N–H and O–H groups in total. The standard InChI is InChI=1S/C10H12BrClOS/c1-6-2-4-13-9(6)8(12)10-7(11)3-5-14-10/h3,5-6,8-9H,2,4H2,1H3. The predicted molar refractivity (Wildman–Crippen MR) is 64.1 cm³/mol. The van der Waals surface area contributed by atoms with E-state index in [1.165, 1.54) is 4.88 Å². The zero-order valence-corrected chi connectivity index (χ0v) is 11.0. The van der Waals surface area contributed by atoms with E-state index < -0.39 is 0 Å². The summed E-state index contributed by atoms with van der Waals surface area (Å²) in [6.45, 7) is 3.05. The molecular weight excluding hydrogens is 284 g/mol. The Labute approximate surface area is 102 Å². The summed E-state index contributed by atoms with van der Waals surface area (Å²) in [4.78, 5) is 1.19. The van der Waals surface area contributed by atoms with Crippen LogP contribution in [0.5, 0.6) is 0 Å². The van der Waals surface area contributed by atoms with E-state index >= 15 is 0 Å². The third kappa shape index (κ3) is 2.01. The molecule has 1 aliphatic rings. The third-order valence-electron chi connectivity index (χ3n) is 2.63. The van der Waals surface area contributed by atoms with E-state index in [0.717, 1.165) is 17.5 Å². The molecule has 0 saturated carbocycles. The average molecular weight is 296 g/mol. The number of rotatable bonds is 2. The minimum absolute atomic E-state index is 0.0122. The molecule has 1 saturated heterocycles. The van der Waals surface area contributed by atoms with Crippen molar-refractivity contribution in [3.63, 3.8) is 0 Å². The van der Waals surface area contributed by atoms with Gasteiger partial charge in [0.1, 0.15) is 0 Å². The first-order valence-electron chi connectivity index (χ1n) is 4.68. The summed E-state index contributed by atoms with van der Waals surface area (Å²) in [6, 6.07) is 2.04. The first-order chi connectivity index (χ1) is 6.70. The minimum atomic E-state index is -0.0122. The van der Waals surface area contributed by atoms with Crippen LogP contribution in [0.1, 0.15) is 23.6 Å². The molecule has 1 fully saturated rings. The van der Waals surface area contributed by atoms with Crippen molar-refractivity contribution in [2.75, 3.05) is 6.61 Å². The summed E-state index contributed by atoms with van der Waals surface area (Å²) >= 11 is 11.6. The molecule has 1 nitrogen and oxygen atoms in total. The highest BCUT2D eigenvalue weighted by Crippen LogP contribution is 2.41. The van der Waals surface area contributed by atoms with Gasteiger partial charge in [-0.3, -0.25) is 0 Å². The smallest absolute Gasteiger partial charge is 0.0953 e. The molecule has 1 aliphatic heterocycles. The van der Waals surface area contributed by atoms with Gasteiger partial charge in [0.25, 0.3) is 0 Å². The Morgan fingerprint density at radius 1 is 1.71 bits per heavy atom. The molecular formula is C10H12BrClOS. The van der Waals surface area contributed by atoms with E-state index in [0.29, 0.717) is 5.92 Å². The van der Waals surface area contributed by atoms with Gasteiger partial charge in [-0.2, -0.15) is 0 Å². The summed E-state index contributed by atoms with van der Waals surface area (Å²) in [7, 11) is 0. The van der Waals surface area contributed by atoms with Gasteiger partial charge in [0.05, 0.1) is 11.5 Å². The van der Waals surface area contributed by atoms with Crippen molar-refractivity contribution >= 4 is 38.9 Å². The molecule has 2 rings (SSSR count).